The summed E-state index contributed by atoms with van der Waals surface area (Å²) in [7, 11) is 0. The van der Waals surface area contributed by atoms with Crippen molar-refractivity contribution in [2.75, 3.05) is 6.54 Å². The molecule has 2 saturated carbocycles. The number of aromatic nitrogens is 2. The van der Waals surface area contributed by atoms with Crippen LogP contribution in [-0.4, -0.2) is 22.4 Å². The van der Waals surface area contributed by atoms with E-state index in [2.05, 4.69) is 36.1 Å². The molecule has 1 atom stereocenters. The van der Waals surface area contributed by atoms with Gasteiger partial charge in [-0.3, -0.25) is 4.68 Å². The Hall–Kier alpha value is -0.830. The number of hydrogen-bond donors (Lipinski definition) is 1. The van der Waals surface area contributed by atoms with E-state index in [-0.39, 0.29) is 0 Å². The lowest BCUT2D eigenvalue weighted by Crippen LogP contribution is -2.27. The molecule has 0 aromatic carbocycles. The van der Waals surface area contributed by atoms with E-state index in [1.807, 2.05) is 0 Å². The lowest BCUT2D eigenvalue weighted by atomic mass is 9.93. The van der Waals surface area contributed by atoms with E-state index in [1.165, 1.54) is 57.2 Å². The van der Waals surface area contributed by atoms with Crippen LogP contribution in [0.15, 0.2) is 12.3 Å². The molecule has 0 spiro atoms. The summed E-state index contributed by atoms with van der Waals surface area (Å²) in [5.74, 6) is 1.51. The zero-order valence-electron chi connectivity index (χ0n) is 13.7. The first kappa shape index (κ1) is 15.1. The minimum absolute atomic E-state index is 0.673. The lowest BCUT2D eigenvalue weighted by Gasteiger charge is -2.19. The molecule has 1 aromatic heterocycles. The SMILES string of the molecule is CC(C)CC(CNC1CC1)Cc1ccn(C2CCCC2)n1. The maximum atomic E-state index is 4.87. The summed E-state index contributed by atoms with van der Waals surface area (Å²) < 4.78 is 2.24. The van der Waals surface area contributed by atoms with E-state index >= 15 is 0 Å². The molecular weight excluding hydrogens is 258 g/mol. The van der Waals surface area contributed by atoms with Gasteiger partial charge in [-0.15, -0.1) is 0 Å². The normalized spacial score (nSPS) is 21.3. The zero-order valence-corrected chi connectivity index (χ0v) is 13.7. The third-order valence-electron chi connectivity index (χ3n) is 4.94. The van der Waals surface area contributed by atoms with Crippen LogP contribution < -0.4 is 5.32 Å². The van der Waals surface area contributed by atoms with Crippen molar-refractivity contribution < 1.29 is 0 Å². The fourth-order valence-electron chi connectivity index (χ4n) is 3.68. The van der Waals surface area contributed by atoms with Gasteiger partial charge in [-0.2, -0.15) is 5.10 Å². The molecule has 21 heavy (non-hydrogen) atoms. The van der Waals surface area contributed by atoms with Gasteiger partial charge in [0.05, 0.1) is 11.7 Å². The molecule has 2 fully saturated rings. The summed E-state index contributed by atoms with van der Waals surface area (Å²) in [6, 6.07) is 3.74. The Bertz CT molecular complexity index is 427. The van der Waals surface area contributed by atoms with Crippen LogP contribution in [0.3, 0.4) is 0 Å². The smallest absolute Gasteiger partial charge is 0.0627 e. The summed E-state index contributed by atoms with van der Waals surface area (Å²) in [6.07, 6.45) is 12.8. The van der Waals surface area contributed by atoms with Crippen LogP contribution in [-0.2, 0) is 6.42 Å². The third-order valence-corrected chi connectivity index (χ3v) is 4.94. The maximum Gasteiger partial charge on any atom is 0.0627 e. The monoisotopic (exact) mass is 289 g/mol. The second-order valence-corrected chi connectivity index (χ2v) is 7.61. The van der Waals surface area contributed by atoms with E-state index in [4.69, 9.17) is 5.10 Å². The lowest BCUT2D eigenvalue weighted by molar-refractivity contribution is 0.377. The van der Waals surface area contributed by atoms with Crippen molar-refractivity contribution in [3.63, 3.8) is 0 Å². The van der Waals surface area contributed by atoms with Crippen LogP contribution in [0.25, 0.3) is 0 Å². The number of hydrogen-bond acceptors (Lipinski definition) is 2. The van der Waals surface area contributed by atoms with E-state index in [9.17, 15) is 0 Å². The van der Waals surface area contributed by atoms with Crippen molar-refractivity contribution in [2.24, 2.45) is 11.8 Å². The molecule has 0 amide bonds. The van der Waals surface area contributed by atoms with E-state index in [1.54, 1.807) is 0 Å². The molecule has 0 bridgehead atoms. The molecule has 1 heterocycles. The molecule has 3 rings (SSSR count). The van der Waals surface area contributed by atoms with Gasteiger partial charge in [-0.1, -0.05) is 26.7 Å². The van der Waals surface area contributed by atoms with Gasteiger partial charge in [0.25, 0.3) is 0 Å². The fraction of sp³-hybridized carbons (Fsp3) is 0.833. The number of nitrogens with zero attached hydrogens (tertiary/aromatic N) is 2. The van der Waals surface area contributed by atoms with Gasteiger partial charge in [0, 0.05) is 12.2 Å². The van der Waals surface area contributed by atoms with Crippen LogP contribution in [0.2, 0.25) is 0 Å². The van der Waals surface area contributed by atoms with Crippen LogP contribution in [0.1, 0.15) is 70.5 Å². The van der Waals surface area contributed by atoms with Gasteiger partial charge < -0.3 is 5.32 Å². The van der Waals surface area contributed by atoms with Gasteiger partial charge in [0.2, 0.25) is 0 Å². The quantitative estimate of drug-likeness (QED) is 0.785. The van der Waals surface area contributed by atoms with E-state index < -0.39 is 0 Å². The highest BCUT2D eigenvalue weighted by molar-refractivity contribution is 5.02. The van der Waals surface area contributed by atoms with Crippen molar-refractivity contribution in [3.8, 4) is 0 Å². The Labute approximate surface area is 129 Å². The van der Waals surface area contributed by atoms with Crippen molar-refractivity contribution in [1.82, 2.24) is 15.1 Å². The molecular formula is C18H31N3. The third kappa shape index (κ3) is 4.57. The predicted molar refractivity (Wildman–Crippen MR) is 87.4 cm³/mol. The Kier molecular flexibility index (Phi) is 4.99. The Morgan fingerprint density at radius 2 is 2.00 bits per heavy atom. The molecule has 2 aliphatic carbocycles. The second-order valence-electron chi connectivity index (χ2n) is 7.61. The Balaban J connectivity index is 1.55. The fourth-order valence-corrected chi connectivity index (χ4v) is 3.68. The minimum atomic E-state index is 0.673. The first-order valence-electron chi connectivity index (χ1n) is 8.98. The van der Waals surface area contributed by atoms with Crippen molar-refractivity contribution in [2.45, 2.75) is 77.3 Å². The van der Waals surface area contributed by atoms with Gasteiger partial charge in [-0.05, 0) is 63.0 Å². The van der Waals surface area contributed by atoms with Crippen LogP contribution in [0.5, 0.6) is 0 Å². The van der Waals surface area contributed by atoms with Crippen molar-refractivity contribution >= 4 is 0 Å². The molecule has 0 aliphatic heterocycles. The van der Waals surface area contributed by atoms with Gasteiger partial charge >= 0.3 is 0 Å². The standard InChI is InChI=1S/C18H31N3/c1-14(2)11-15(13-19-16-7-8-16)12-17-9-10-21(20-17)18-5-3-4-6-18/h9-10,14-16,18-19H,3-8,11-13H2,1-2H3. The molecule has 3 nitrogen and oxygen atoms in total. The molecule has 1 aromatic rings. The van der Waals surface area contributed by atoms with Gasteiger partial charge in [0.15, 0.2) is 0 Å². The highest BCUT2D eigenvalue weighted by atomic mass is 15.3. The summed E-state index contributed by atoms with van der Waals surface area (Å²) in [6.45, 7) is 5.83. The summed E-state index contributed by atoms with van der Waals surface area (Å²) in [5, 5.41) is 8.58. The number of nitrogens with one attached hydrogen (secondary N) is 1. The number of rotatable bonds is 8. The van der Waals surface area contributed by atoms with Crippen LogP contribution >= 0.6 is 0 Å². The average molecular weight is 289 g/mol. The van der Waals surface area contributed by atoms with E-state index in [0.29, 0.717) is 6.04 Å². The molecule has 118 valence electrons. The van der Waals surface area contributed by atoms with Gasteiger partial charge in [0.1, 0.15) is 0 Å². The minimum Gasteiger partial charge on any atom is -0.314 e. The summed E-state index contributed by atoms with van der Waals surface area (Å²) in [5.41, 5.74) is 1.30. The maximum absolute atomic E-state index is 4.87. The molecule has 0 saturated heterocycles. The molecule has 1 unspecified atom stereocenters. The average Bonchev–Trinajstić information content (AvgIpc) is 2.91. The predicted octanol–water partition coefficient (Wildman–Crippen LogP) is 3.96. The zero-order chi connectivity index (χ0) is 14.7. The first-order chi connectivity index (χ1) is 10.2. The summed E-state index contributed by atoms with van der Waals surface area (Å²) in [4.78, 5) is 0. The highest BCUT2D eigenvalue weighted by Gasteiger charge is 2.23. The molecule has 1 N–H and O–H groups in total. The van der Waals surface area contributed by atoms with Gasteiger partial charge in [-0.25, -0.2) is 0 Å². The van der Waals surface area contributed by atoms with E-state index in [0.717, 1.165) is 24.3 Å². The van der Waals surface area contributed by atoms with Crippen molar-refractivity contribution in [1.29, 1.82) is 0 Å². The summed E-state index contributed by atoms with van der Waals surface area (Å²) >= 11 is 0. The Morgan fingerprint density at radius 1 is 1.24 bits per heavy atom. The van der Waals surface area contributed by atoms with Crippen molar-refractivity contribution in [3.05, 3.63) is 18.0 Å². The highest BCUT2D eigenvalue weighted by Crippen LogP contribution is 2.29. The van der Waals surface area contributed by atoms with Crippen LogP contribution in [0, 0.1) is 11.8 Å². The first-order valence-corrected chi connectivity index (χ1v) is 8.98. The molecule has 3 heteroatoms. The molecule has 0 radical (unpaired) electrons. The second kappa shape index (κ2) is 6.95. The Morgan fingerprint density at radius 3 is 2.67 bits per heavy atom. The molecule has 2 aliphatic rings. The largest absolute Gasteiger partial charge is 0.314 e. The van der Waals surface area contributed by atoms with Crippen LogP contribution in [0.4, 0.5) is 0 Å². The topological polar surface area (TPSA) is 29.9 Å².